The van der Waals surface area contributed by atoms with Crippen LogP contribution in [0, 0.1) is 0 Å². The van der Waals surface area contributed by atoms with Crippen LogP contribution in [-0.4, -0.2) is 36.5 Å². The van der Waals surface area contributed by atoms with Gasteiger partial charge in [0.25, 0.3) is 0 Å². The van der Waals surface area contributed by atoms with Crippen molar-refractivity contribution < 1.29 is 4.79 Å². The van der Waals surface area contributed by atoms with E-state index in [2.05, 4.69) is 18.5 Å². The first-order valence-corrected chi connectivity index (χ1v) is 5.53. The van der Waals surface area contributed by atoms with Crippen molar-refractivity contribution in [2.45, 2.75) is 25.3 Å². The number of carbonyl (C=O) groups excluding carboxylic acids is 1. The summed E-state index contributed by atoms with van der Waals surface area (Å²) in [6.07, 6.45) is 6.77. The maximum Gasteiger partial charge on any atom is 0.240 e. The lowest BCUT2D eigenvalue weighted by Crippen LogP contribution is -2.48. The van der Waals surface area contributed by atoms with Crippen molar-refractivity contribution in [3.63, 3.8) is 0 Å². The van der Waals surface area contributed by atoms with Crippen LogP contribution in [0.15, 0.2) is 25.3 Å². The molecular formula is C12H21ClN2O. The van der Waals surface area contributed by atoms with Crippen molar-refractivity contribution >= 4 is 18.3 Å². The number of amides is 1. The molecule has 1 atom stereocenters. The largest absolute Gasteiger partial charge is 0.334 e. The molecule has 3 nitrogen and oxygen atoms in total. The van der Waals surface area contributed by atoms with Gasteiger partial charge in [0.2, 0.25) is 5.91 Å². The average molecular weight is 245 g/mol. The minimum absolute atomic E-state index is 0. The summed E-state index contributed by atoms with van der Waals surface area (Å²) in [7, 11) is 0. The molecule has 92 valence electrons. The van der Waals surface area contributed by atoms with E-state index >= 15 is 0 Å². The zero-order valence-corrected chi connectivity index (χ0v) is 10.5. The molecule has 0 aromatic carbocycles. The summed E-state index contributed by atoms with van der Waals surface area (Å²) >= 11 is 0. The van der Waals surface area contributed by atoms with Crippen LogP contribution < -0.4 is 5.32 Å². The predicted octanol–water partition coefficient (Wildman–Crippen LogP) is 1.75. The second-order valence-electron chi connectivity index (χ2n) is 3.82. The van der Waals surface area contributed by atoms with Crippen LogP contribution >= 0.6 is 12.4 Å². The van der Waals surface area contributed by atoms with E-state index in [-0.39, 0.29) is 24.4 Å². The van der Waals surface area contributed by atoms with Gasteiger partial charge in [-0.1, -0.05) is 18.6 Å². The molecule has 1 rings (SSSR count). The molecule has 1 heterocycles. The SMILES string of the molecule is C=CCN(CC=C)C(=O)C1CCCCN1.Cl. The smallest absolute Gasteiger partial charge is 0.240 e. The molecule has 0 aromatic rings. The summed E-state index contributed by atoms with van der Waals surface area (Å²) in [5.41, 5.74) is 0. The highest BCUT2D eigenvalue weighted by Crippen LogP contribution is 2.09. The third kappa shape index (κ3) is 4.37. The molecule has 0 bridgehead atoms. The highest BCUT2D eigenvalue weighted by molar-refractivity contribution is 5.85. The quantitative estimate of drug-likeness (QED) is 0.748. The zero-order chi connectivity index (χ0) is 11.1. The molecule has 0 saturated carbocycles. The lowest BCUT2D eigenvalue weighted by Gasteiger charge is -2.28. The number of carbonyl (C=O) groups is 1. The maximum absolute atomic E-state index is 12.0. The first-order chi connectivity index (χ1) is 7.29. The fourth-order valence-electron chi connectivity index (χ4n) is 1.85. The Balaban J connectivity index is 0.00000225. The van der Waals surface area contributed by atoms with Gasteiger partial charge in [0.1, 0.15) is 0 Å². The highest BCUT2D eigenvalue weighted by atomic mass is 35.5. The van der Waals surface area contributed by atoms with Crippen LogP contribution in [0.5, 0.6) is 0 Å². The molecule has 1 aliphatic heterocycles. The van der Waals surface area contributed by atoms with Gasteiger partial charge < -0.3 is 10.2 Å². The first kappa shape index (κ1) is 15.2. The average Bonchev–Trinajstić information content (AvgIpc) is 2.29. The molecule has 0 radical (unpaired) electrons. The normalized spacial score (nSPS) is 19.4. The molecule has 1 aliphatic rings. The van der Waals surface area contributed by atoms with E-state index < -0.39 is 0 Å². The van der Waals surface area contributed by atoms with Crippen molar-refractivity contribution in [3.05, 3.63) is 25.3 Å². The van der Waals surface area contributed by atoms with Gasteiger partial charge in [0, 0.05) is 13.1 Å². The number of hydrogen-bond acceptors (Lipinski definition) is 2. The molecule has 1 N–H and O–H groups in total. The van der Waals surface area contributed by atoms with E-state index in [1.807, 2.05) is 0 Å². The Morgan fingerprint density at radius 3 is 2.38 bits per heavy atom. The Bertz CT molecular complexity index is 227. The molecule has 1 unspecified atom stereocenters. The second kappa shape index (κ2) is 8.36. The van der Waals surface area contributed by atoms with Gasteiger partial charge in [0.05, 0.1) is 6.04 Å². The Hall–Kier alpha value is -0.800. The Morgan fingerprint density at radius 2 is 1.94 bits per heavy atom. The van der Waals surface area contributed by atoms with Gasteiger partial charge in [-0.3, -0.25) is 4.79 Å². The summed E-state index contributed by atoms with van der Waals surface area (Å²) < 4.78 is 0. The van der Waals surface area contributed by atoms with Crippen LogP contribution in [-0.2, 0) is 4.79 Å². The summed E-state index contributed by atoms with van der Waals surface area (Å²) in [5.74, 6) is 0.175. The van der Waals surface area contributed by atoms with Crippen molar-refractivity contribution in [1.29, 1.82) is 0 Å². The van der Waals surface area contributed by atoms with Gasteiger partial charge >= 0.3 is 0 Å². The Labute approximate surface area is 104 Å². The summed E-state index contributed by atoms with van der Waals surface area (Å²) in [5, 5.41) is 3.26. The molecule has 1 amide bonds. The lowest BCUT2D eigenvalue weighted by atomic mass is 10.0. The number of halogens is 1. The van der Waals surface area contributed by atoms with Crippen molar-refractivity contribution in [2.75, 3.05) is 19.6 Å². The summed E-state index contributed by atoms with van der Waals surface area (Å²) in [4.78, 5) is 13.8. The predicted molar refractivity (Wildman–Crippen MR) is 69.9 cm³/mol. The third-order valence-electron chi connectivity index (χ3n) is 2.62. The molecule has 1 fully saturated rings. The van der Waals surface area contributed by atoms with Gasteiger partial charge in [-0.25, -0.2) is 0 Å². The van der Waals surface area contributed by atoms with Gasteiger partial charge in [-0.05, 0) is 19.4 Å². The fraction of sp³-hybridized carbons (Fsp3) is 0.583. The van der Waals surface area contributed by atoms with Crippen LogP contribution in [0.1, 0.15) is 19.3 Å². The second-order valence-corrected chi connectivity index (χ2v) is 3.82. The molecule has 0 aromatic heterocycles. The Kier molecular flexibility index (Phi) is 7.95. The van der Waals surface area contributed by atoms with Crippen LogP contribution in [0.25, 0.3) is 0 Å². The monoisotopic (exact) mass is 244 g/mol. The molecule has 16 heavy (non-hydrogen) atoms. The topological polar surface area (TPSA) is 32.3 Å². The van der Waals surface area contributed by atoms with Gasteiger partial charge in [-0.2, -0.15) is 0 Å². The number of nitrogens with one attached hydrogen (secondary N) is 1. The molecule has 0 spiro atoms. The number of piperidine rings is 1. The van der Waals surface area contributed by atoms with E-state index in [0.29, 0.717) is 13.1 Å². The maximum atomic E-state index is 12.0. The number of rotatable bonds is 5. The Morgan fingerprint density at radius 1 is 1.31 bits per heavy atom. The zero-order valence-electron chi connectivity index (χ0n) is 9.65. The van der Waals surface area contributed by atoms with Crippen LogP contribution in [0.2, 0.25) is 0 Å². The summed E-state index contributed by atoms with van der Waals surface area (Å²) in [6.45, 7) is 9.47. The first-order valence-electron chi connectivity index (χ1n) is 5.53. The molecule has 4 heteroatoms. The van der Waals surface area contributed by atoms with Gasteiger partial charge in [0.15, 0.2) is 0 Å². The number of hydrogen-bond donors (Lipinski definition) is 1. The lowest BCUT2D eigenvalue weighted by molar-refractivity contribution is -0.133. The van der Waals surface area contributed by atoms with E-state index in [0.717, 1.165) is 19.4 Å². The van der Waals surface area contributed by atoms with E-state index in [4.69, 9.17) is 0 Å². The van der Waals surface area contributed by atoms with E-state index in [9.17, 15) is 4.79 Å². The van der Waals surface area contributed by atoms with Crippen molar-refractivity contribution in [2.24, 2.45) is 0 Å². The number of nitrogens with zero attached hydrogens (tertiary/aromatic N) is 1. The fourth-order valence-corrected chi connectivity index (χ4v) is 1.85. The van der Waals surface area contributed by atoms with E-state index in [1.54, 1.807) is 17.1 Å². The van der Waals surface area contributed by atoms with Gasteiger partial charge in [-0.15, -0.1) is 25.6 Å². The van der Waals surface area contributed by atoms with Crippen LogP contribution in [0.3, 0.4) is 0 Å². The molecule has 0 aliphatic carbocycles. The van der Waals surface area contributed by atoms with Crippen molar-refractivity contribution in [1.82, 2.24) is 10.2 Å². The third-order valence-corrected chi connectivity index (χ3v) is 2.62. The minimum atomic E-state index is -0.00125. The van der Waals surface area contributed by atoms with E-state index in [1.165, 1.54) is 6.42 Å². The highest BCUT2D eigenvalue weighted by Gasteiger charge is 2.24. The van der Waals surface area contributed by atoms with Crippen LogP contribution in [0.4, 0.5) is 0 Å². The standard InChI is InChI=1S/C12H20N2O.ClH/c1-3-9-14(10-4-2)12(15)11-7-5-6-8-13-11;/h3-4,11,13H,1-2,5-10H2;1H. The minimum Gasteiger partial charge on any atom is -0.334 e. The van der Waals surface area contributed by atoms with Crippen molar-refractivity contribution in [3.8, 4) is 0 Å². The summed E-state index contributed by atoms with van der Waals surface area (Å²) in [6, 6.07) is -0.00125. The molecular weight excluding hydrogens is 224 g/mol. The molecule has 1 saturated heterocycles.